The molecule has 25 heavy (non-hydrogen) atoms. The van der Waals surface area contributed by atoms with Crippen LogP contribution in [0.2, 0.25) is 0 Å². The zero-order valence-electron chi connectivity index (χ0n) is 15.6. The molecule has 1 aliphatic carbocycles. The summed E-state index contributed by atoms with van der Waals surface area (Å²) >= 11 is 0. The lowest BCUT2D eigenvalue weighted by molar-refractivity contribution is 0.188. The Morgan fingerprint density at radius 2 is 2.12 bits per heavy atom. The largest absolute Gasteiger partial charge is 0.508 e. The summed E-state index contributed by atoms with van der Waals surface area (Å²) in [5, 5.41) is 9.96. The molecule has 0 saturated heterocycles. The van der Waals surface area contributed by atoms with E-state index in [2.05, 4.69) is 24.5 Å². The summed E-state index contributed by atoms with van der Waals surface area (Å²) in [7, 11) is 3.32. The third kappa shape index (κ3) is 3.52. The first-order valence-corrected chi connectivity index (χ1v) is 9.00. The van der Waals surface area contributed by atoms with Gasteiger partial charge in [-0.05, 0) is 36.7 Å². The number of hydrogen-bond acceptors (Lipinski definition) is 4. The van der Waals surface area contributed by atoms with Crippen LogP contribution in [-0.2, 0) is 11.3 Å². The van der Waals surface area contributed by atoms with Gasteiger partial charge >= 0.3 is 0 Å². The molecule has 1 aromatic heterocycles. The average Bonchev–Trinajstić information content (AvgIpc) is 2.97. The van der Waals surface area contributed by atoms with Gasteiger partial charge in [0.25, 0.3) is 0 Å². The van der Waals surface area contributed by atoms with Crippen molar-refractivity contribution in [2.24, 2.45) is 11.8 Å². The molecule has 0 spiro atoms. The van der Waals surface area contributed by atoms with Gasteiger partial charge in [0.15, 0.2) is 0 Å². The highest BCUT2D eigenvalue weighted by molar-refractivity contribution is 5.87. The van der Waals surface area contributed by atoms with Crippen LogP contribution in [-0.4, -0.2) is 35.5 Å². The quantitative estimate of drug-likeness (QED) is 0.852. The number of aromatic hydroxyl groups is 1. The lowest BCUT2D eigenvalue weighted by atomic mass is 9.82. The van der Waals surface area contributed by atoms with E-state index in [-0.39, 0.29) is 5.75 Å². The average molecular weight is 344 g/mol. The fourth-order valence-corrected chi connectivity index (χ4v) is 3.68. The molecule has 0 bridgehead atoms. The van der Waals surface area contributed by atoms with Gasteiger partial charge in [0.1, 0.15) is 22.8 Å². The number of ether oxygens (including phenoxy) is 2. The molecule has 1 unspecified atom stereocenters. The van der Waals surface area contributed by atoms with Gasteiger partial charge in [-0.15, -0.1) is 0 Å². The Labute approximate surface area is 149 Å². The van der Waals surface area contributed by atoms with Crippen molar-refractivity contribution in [1.82, 2.24) is 9.55 Å². The van der Waals surface area contributed by atoms with E-state index in [1.54, 1.807) is 26.4 Å². The van der Waals surface area contributed by atoms with E-state index >= 15 is 0 Å². The second-order valence-electron chi connectivity index (χ2n) is 7.10. The van der Waals surface area contributed by atoms with Crippen LogP contribution in [0.25, 0.3) is 16.6 Å². The molecular weight excluding hydrogens is 316 g/mol. The number of rotatable bonds is 6. The van der Waals surface area contributed by atoms with Crippen LogP contribution in [0.4, 0.5) is 0 Å². The van der Waals surface area contributed by atoms with E-state index < -0.39 is 0 Å². The summed E-state index contributed by atoms with van der Waals surface area (Å²) in [5.74, 6) is 3.24. The Bertz CT molecular complexity index is 777. The molecule has 5 nitrogen and oxygen atoms in total. The number of methoxy groups -OCH3 is 2. The molecule has 1 N–H and O–H groups in total. The number of imidazole rings is 1. The summed E-state index contributed by atoms with van der Waals surface area (Å²) in [6, 6.07) is 3.34. The fraction of sp³-hybridized carbons (Fsp3) is 0.550. The van der Waals surface area contributed by atoms with Gasteiger partial charge in [-0.2, -0.15) is 0 Å². The summed E-state index contributed by atoms with van der Waals surface area (Å²) in [6.07, 6.45) is 5.67. The zero-order chi connectivity index (χ0) is 18.0. The number of fused-ring (bicyclic) bond motifs is 1. The Morgan fingerprint density at radius 3 is 2.72 bits per heavy atom. The molecule has 5 heteroatoms. The minimum atomic E-state index is 0.171. The highest BCUT2D eigenvalue weighted by Gasteiger charge is 2.23. The third-order valence-electron chi connectivity index (χ3n) is 5.21. The lowest BCUT2D eigenvalue weighted by Crippen LogP contribution is -2.14. The Kier molecular flexibility index (Phi) is 5.33. The van der Waals surface area contributed by atoms with Gasteiger partial charge in [-0.3, -0.25) is 0 Å². The van der Waals surface area contributed by atoms with Crippen LogP contribution >= 0.6 is 0 Å². The van der Waals surface area contributed by atoms with Crippen molar-refractivity contribution < 1.29 is 14.6 Å². The predicted octanol–water partition coefficient (Wildman–Crippen LogP) is 4.24. The smallest absolute Gasteiger partial charge is 0.148 e. The van der Waals surface area contributed by atoms with Crippen molar-refractivity contribution in [1.29, 1.82) is 0 Å². The van der Waals surface area contributed by atoms with E-state index in [1.807, 2.05) is 0 Å². The van der Waals surface area contributed by atoms with Crippen molar-refractivity contribution in [2.45, 2.75) is 39.7 Å². The SMILES string of the molecule is COCCn1c(C2=CCC(C(C)C)CC2)nc2cc(O)cc(OC)c21. The predicted molar refractivity (Wildman–Crippen MR) is 100.0 cm³/mol. The number of hydrogen-bond donors (Lipinski definition) is 1. The Balaban J connectivity index is 2.08. The summed E-state index contributed by atoms with van der Waals surface area (Å²) in [5.41, 5.74) is 2.96. The number of phenols is 1. The second-order valence-corrected chi connectivity index (χ2v) is 7.10. The summed E-state index contributed by atoms with van der Waals surface area (Å²) in [4.78, 5) is 4.83. The van der Waals surface area contributed by atoms with Gasteiger partial charge in [0.2, 0.25) is 0 Å². The van der Waals surface area contributed by atoms with E-state index in [0.717, 1.165) is 35.6 Å². The Hall–Kier alpha value is -2.01. The van der Waals surface area contributed by atoms with Crippen molar-refractivity contribution in [2.75, 3.05) is 20.8 Å². The summed E-state index contributed by atoms with van der Waals surface area (Å²) in [6.45, 7) is 5.90. The monoisotopic (exact) mass is 344 g/mol. The lowest BCUT2D eigenvalue weighted by Gasteiger charge is -2.25. The van der Waals surface area contributed by atoms with Gasteiger partial charge < -0.3 is 19.1 Å². The van der Waals surface area contributed by atoms with Crippen molar-refractivity contribution >= 4 is 16.6 Å². The van der Waals surface area contributed by atoms with E-state index in [4.69, 9.17) is 14.5 Å². The molecule has 0 fully saturated rings. The zero-order valence-corrected chi connectivity index (χ0v) is 15.6. The second kappa shape index (κ2) is 7.48. The van der Waals surface area contributed by atoms with Gasteiger partial charge in [-0.25, -0.2) is 4.98 Å². The molecule has 1 aromatic carbocycles. The van der Waals surface area contributed by atoms with E-state index in [1.165, 1.54) is 12.0 Å². The number of benzene rings is 1. The van der Waals surface area contributed by atoms with Gasteiger partial charge in [0.05, 0.1) is 19.2 Å². The number of aromatic nitrogens is 2. The van der Waals surface area contributed by atoms with Crippen LogP contribution in [0, 0.1) is 11.8 Å². The van der Waals surface area contributed by atoms with Crippen LogP contribution in [0.1, 0.15) is 38.9 Å². The minimum Gasteiger partial charge on any atom is -0.508 e. The number of nitrogens with zero attached hydrogens (tertiary/aromatic N) is 2. The maximum atomic E-state index is 9.96. The van der Waals surface area contributed by atoms with Crippen LogP contribution < -0.4 is 4.74 Å². The first-order chi connectivity index (χ1) is 12.0. The minimum absolute atomic E-state index is 0.171. The van der Waals surface area contributed by atoms with E-state index in [9.17, 15) is 5.11 Å². The first-order valence-electron chi connectivity index (χ1n) is 9.00. The molecule has 0 radical (unpaired) electrons. The molecule has 136 valence electrons. The van der Waals surface area contributed by atoms with E-state index in [0.29, 0.717) is 24.8 Å². The molecule has 0 aliphatic heterocycles. The topological polar surface area (TPSA) is 56.5 Å². The Morgan fingerprint density at radius 1 is 1.32 bits per heavy atom. The van der Waals surface area contributed by atoms with Crippen LogP contribution in [0.3, 0.4) is 0 Å². The third-order valence-corrected chi connectivity index (χ3v) is 5.21. The van der Waals surface area contributed by atoms with Gasteiger partial charge in [-0.1, -0.05) is 19.9 Å². The molecule has 1 atom stereocenters. The van der Waals surface area contributed by atoms with Crippen molar-refractivity contribution in [3.8, 4) is 11.5 Å². The normalized spacial score (nSPS) is 18.0. The molecule has 1 aliphatic rings. The molecule has 3 rings (SSSR count). The molecular formula is C20H28N2O3. The maximum Gasteiger partial charge on any atom is 0.148 e. The highest BCUT2D eigenvalue weighted by Crippen LogP contribution is 2.37. The van der Waals surface area contributed by atoms with Crippen LogP contribution in [0.15, 0.2) is 18.2 Å². The van der Waals surface area contributed by atoms with Crippen LogP contribution in [0.5, 0.6) is 11.5 Å². The van der Waals surface area contributed by atoms with Gasteiger partial charge in [0, 0.05) is 25.8 Å². The fourth-order valence-electron chi connectivity index (χ4n) is 3.68. The highest BCUT2D eigenvalue weighted by atomic mass is 16.5. The van der Waals surface area contributed by atoms with Crippen molar-refractivity contribution in [3.05, 3.63) is 24.0 Å². The molecule has 0 saturated carbocycles. The maximum absolute atomic E-state index is 9.96. The molecule has 2 aromatic rings. The molecule has 1 heterocycles. The molecule has 0 amide bonds. The van der Waals surface area contributed by atoms with Crippen molar-refractivity contribution in [3.63, 3.8) is 0 Å². The number of phenolic OH excluding ortho intramolecular Hbond substituents is 1. The standard InChI is InChI=1S/C20H28N2O3/c1-13(2)14-5-7-15(8-6-14)20-21-17-11-16(23)12-18(25-4)19(17)22(20)9-10-24-3/h7,11-14,23H,5-6,8-10H2,1-4H3. The first kappa shape index (κ1) is 17.8. The summed E-state index contributed by atoms with van der Waals surface area (Å²) < 4.78 is 13.0. The number of allylic oxidation sites excluding steroid dienone is 2.